The summed E-state index contributed by atoms with van der Waals surface area (Å²) in [5, 5.41) is 13.5. The van der Waals surface area contributed by atoms with Crippen LogP contribution >= 0.6 is 0 Å². The predicted molar refractivity (Wildman–Crippen MR) is 124 cm³/mol. The molecule has 5 aromatic carbocycles. The molecule has 1 N–H and O–H groups in total. The van der Waals surface area contributed by atoms with E-state index in [9.17, 15) is 9.90 Å². The second-order valence-electron chi connectivity index (χ2n) is 7.19. The molecule has 0 unspecified atom stereocenters. The summed E-state index contributed by atoms with van der Waals surface area (Å²) >= 11 is 0. The Bertz CT molecular complexity index is 1300. The molecule has 0 spiro atoms. The molecule has 0 fully saturated rings. The molecule has 0 bridgehead atoms. The third kappa shape index (κ3) is 3.55. The average molecular weight is 405 g/mol. The van der Waals surface area contributed by atoms with Crippen LogP contribution in [0.5, 0.6) is 11.5 Å². The van der Waals surface area contributed by atoms with E-state index in [4.69, 9.17) is 4.74 Å². The zero-order chi connectivity index (χ0) is 21.2. The molecular weight excluding hydrogens is 386 g/mol. The summed E-state index contributed by atoms with van der Waals surface area (Å²) in [6.07, 6.45) is -0.529. The first-order valence-corrected chi connectivity index (χ1v) is 9.97. The lowest BCUT2D eigenvalue weighted by Crippen LogP contribution is -2.29. The highest BCUT2D eigenvalue weighted by Gasteiger charge is 2.24. The van der Waals surface area contributed by atoms with E-state index >= 15 is 0 Å². The third-order valence-electron chi connectivity index (χ3n) is 5.24. The molecule has 0 aliphatic rings. The lowest BCUT2D eigenvalue weighted by molar-refractivity contribution is 0.210. The van der Waals surface area contributed by atoms with Crippen LogP contribution in [0.4, 0.5) is 16.2 Å². The van der Waals surface area contributed by atoms with E-state index in [0.717, 1.165) is 32.9 Å². The van der Waals surface area contributed by atoms with Gasteiger partial charge in [0.2, 0.25) is 0 Å². The summed E-state index contributed by atoms with van der Waals surface area (Å²) in [5.41, 5.74) is 1.47. The van der Waals surface area contributed by atoms with Gasteiger partial charge in [-0.3, -0.25) is 0 Å². The van der Waals surface area contributed by atoms with E-state index in [1.165, 1.54) is 12.1 Å². The van der Waals surface area contributed by atoms with Gasteiger partial charge in [0.25, 0.3) is 0 Å². The lowest BCUT2D eigenvalue weighted by atomic mass is 10.1. The van der Waals surface area contributed by atoms with Gasteiger partial charge in [-0.2, -0.15) is 0 Å². The molecule has 4 heteroatoms. The monoisotopic (exact) mass is 405 g/mol. The Hall–Kier alpha value is -4.31. The number of carbonyl (C=O) groups is 1. The summed E-state index contributed by atoms with van der Waals surface area (Å²) < 4.78 is 5.71. The van der Waals surface area contributed by atoms with Crippen molar-refractivity contribution in [3.63, 3.8) is 0 Å². The number of anilines is 2. The van der Waals surface area contributed by atoms with Crippen LogP contribution in [-0.4, -0.2) is 11.2 Å². The molecule has 1 amide bonds. The first-order chi connectivity index (χ1) is 15.2. The van der Waals surface area contributed by atoms with Gasteiger partial charge in [-0.1, -0.05) is 72.8 Å². The van der Waals surface area contributed by atoms with Gasteiger partial charge < -0.3 is 9.84 Å². The van der Waals surface area contributed by atoms with Crippen LogP contribution in [-0.2, 0) is 0 Å². The van der Waals surface area contributed by atoms with E-state index in [1.54, 1.807) is 17.0 Å². The first kappa shape index (κ1) is 18.7. The maximum Gasteiger partial charge on any atom is 0.424 e. The Kier molecular flexibility index (Phi) is 4.73. The molecule has 0 heterocycles. The van der Waals surface area contributed by atoms with E-state index in [0.29, 0.717) is 5.75 Å². The van der Waals surface area contributed by atoms with Crippen molar-refractivity contribution in [3.8, 4) is 11.5 Å². The summed E-state index contributed by atoms with van der Waals surface area (Å²) in [6.45, 7) is 0. The fourth-order valence-corrected chi connectivity index (χ4v) is 3.79. The number of phenolic OH excluding ortho intramolecular Hbond substituents is 1. The number of phenols is 1. The van der Waals surface area contributed by atoms with Crippen molar-refractivity contribution >= 4 is 39.0 Å². The summed E-state index contributed by atoms with van der Waals surface area (Å²) in [4.78, 5) is 15.1. The summed E-state index contributed by atoms with van der Waals surface area (Å²) in [7, 11) is 0. The number of hydrogen-bond acceptors (Lipinski definition) is 3. The van der Waals surface area contributed by atoms with Crippen LogP contribution in [0.3, 0.4) is 0 Å². The van der Waals surface area contributed by atoms with Crippen LogP contribution in [0.25, 0.3) is 21.5 Å². The molecule has 31 heavy (non-hydrogen) atoms. The second-order valence-corrected chi connectivity index (χ2v) is 7.19. The summed E-state index contributed by atoms with van der Waals surface area (Å²) in [6, 6.07) is 33.8. The molecule has 0 aliphatic carbocycles. The SMILES string of the molecule is O=C(Oc1ccc(O)cc1)N(c1cccc2ccccc12)c1cccc2ccccc12. The minimum Gasteiger partial charge on any atom is -0.508 e. The van der Waals surface area contributed by atoms with Gasteiger partial charge in [0.05, 0.1) is 11.4 Å². The Morgan fingerprint density at radius 3 is 1.65 bits per heavy atom. The average Bonchev–Trinajstić information content (AvgIpc) is 2.81. The van der Waals surface area contributed by atoms with Gasteiger partial charge in [-0.05, 0) is 47.2 Å². The van der Waals surface area contributed by atoms with Crippen LogP contribution in [0.2, 0.25) is 0 Å². The topological polar surface area (TPSA) is 49.8 Å². The summed E-state index contributed by atoms with van der Waals surface area (Å²) in [5.74, 6) is 0.466. The number of carbonyl (C=O) groups excluding carboxylic acids is 1. The van der Waals surface area contributed by atoms with Gasteiger partial charge in [0, 0.05) is 10.8 Å². The maximum absolute atomic E-state index is 13.5. The van der Waals surface area contributed by atoms with Crippen molar-refractivity contribution in [1.82, 2.24) is 0 Å². The lowest BCUT2D eigenvalue weighted by Gasteiger charge is -2.25. The molecule has 0 saturated carbocycles. The number of benzene rings is 5. The van der Waals surface area contributed by atoms with Crippen LogP contribution in [0.15, 0.2) is 109 Å². The Morgan fingerprint density at radius 1 is 0.613 bits per heavy atom. The van der Waals surface area contributed by atoms with E-state index in [1.807, 2.05) is 84.9 Å². The van der Waals surface area contributed by atoms with Gasteiger partial charge >= 0.3 is 6.09 Å². The number of nitrogens with zero attached hydrogens (tertiary/aromatic N) is 1. The number of aromatic hydroxyl groups is 1. The van der Waals surface area contributed by atoms with Gasteiger partial charge in [0.1, 0.15) is 11.5 Å². The van der Waals surface area contributed by atoms with Crippen molar-refractivity contribution in [2.45, 2.75) is 0 Å². The molecule has 0 aliphatic heterocycles. The molecular formula is C27H19NO3. The highest BCUT2D eigenvalue weighted by molar-refractivity contribution is 6.11. The fraction of sp³-hybridized carbons (Fsp3) is 0. The normalized spacial score (nSPS) is 10.8. The van der Waals surface area contributed by atoms with Gasteiger partial charge in [-0.25, -0.2) is 9.69 Å². The molecule has 5 rings (SSSR count). The number of amides is 1. The van der Waals surface area contributed by atoms with Crippen LogP contribution < -0.4 is 9.64 Å². The number of rotatable bonds is 3. The number of hydrogen-bond donors (Lipinski definition) is 1. The predicted octanol–water partition coefficient (Wildman–Crippen LogP) is 7.04. The van der Waals surface area contributed by atoms with Crippen LogP contribution in [0, 0.1) is 0 Å². The largest absolute Gasteiger partial charge is 0.508 e. The highest BCUT2D eigenvalue weighted by Crippen LogP contribution is 2.37. The third-order valence-corrected chi connectivity index (χ3v) is 5.24. The van der Waals surface area contributed by atoms with Crippen molar-refractivity contribution < 1.29 is 14.6 Å². The molecule has 0 aromatic heterocycles. The molecule has 0 atom stereocenters. The number of fused-ring (bicyclic) bond motifs is 2. The van der Waals surface area contributed by atoms with Crippen LogP contribution in [0.1, 0.15) is 0 Å². The van der Waals surface area contributed by atoms with Gasteiger partial charge in [0.15, 0.2) is 0 Å². The Balaban J connectivity index is 1.70. The van der Waals surface area contributed by atoms with Crippen molar-refractivity contribution in [1.29, 1.82) is 0 Å². The Labute approximate surface area is 179 Å². The van der Waals surface area contributed by atoms with E-state index in [2.05, 4.69) is 0 Å². The number of ether oxygens (including phenoxy) is 1. The highest BCUT2D eigenvalue weighted by atomic mass is 16.6. The van der Waals surface area contributed by atoms with Crippen molar-refractivity contribution in [3.05, 3.63) is 109 Å². The minimum atomic E-state index is -0.529. The fourth-order valence-electron chi connectivity index (χ4n) is 3.79. The van der Waals surface area contributed by atoms with E-state index < -0.39 is 6.09 Å². The molecule has 150 valence electrons. The smallest absolute Gasteiger partial charge is 0.424 e. The zero-order valence-electron chi connectivity index (χ0n) is 16.6. The maximum atomic E-state index is 13.5. The standard InChI is InChI=1S/C27H19NO3/c29-21-15-17-22(18-16-21)31-27(30)28(25-13-5-9-19-7-1-3-11-23(19)25)26-14-6-10-20-8-2-4-12-24(20)26/h1-18,29H. The van der Waals surface area contributed by atoms with E-state index in [-0.39, 0.29) is 5.75 Å². The second kappa shape index (κ2) is 7.84. The molecule has 5 aromatic rings. The van der Waals surface area contributed by atoms with Gasteiger partial charge in [-0.15, -0.1) is 0 Å². The minimum absolute atomic E-state index is 0.111. The Morgan fingerprint density at radius 2 is 1.10 bits per heavy atom. The van der Waals surface area contributed by atoms with Crippen molar-refractivity contribution in [2.24, 2.45) is 0 Å². The van der Waals surface area contributed by atoms with Crippen molar-refractivity contribution in [2.75, 3.05) is 4.90 Å². The molecule has 0 radical (unpaired) electrons. The quantitative estimate of drug-likeness (QED) is 0.350. The first-order valence-electron chi connectivity index (χ1n) is 9.97. The zero-order valence-corrected chi connectivity index (χ0v) is 16.6. The molecule has 0 saturated heterocycles. The molecule has 4 nitrogen and oxygen atoms in total.